The summed E-state index contributed by atoms with van der Waals surface area (Å²) >= 11 is 9.28. The lowest BCUT2D eigenvalue weighted by Gasteiger charge is -2.13. The van der Waals surface area contributed by atoms with Crippen molar-refractivity contribution in [1.82, 2.24) is 9.20 Å². The third-order valence-electron chi connectivity index (χ3n) is 4.83. The molecule has 0 fully saturated rings. The maximum atomic E-state index is 13.2. The van der Waals surface area contributed by atoms with Crippen LogP contribution >= 0.6 is 27.5 Å². The van der Waals surface area contributed by atoms with Gasteiger partial charge in [0, 0.05) is 20.6 Å². The molecule has 0 spiro atoms. The lowest BCUT2D eigenvalue weighted by molar-refractivity contribution is 0.0935. The standard InChI is InChI=1S/C22H12BrClN6O/c23-14-5-1-12(2-6-14)16-9-19-18(11-26)21(28)30(29(19)20(27)17(16)10-25)22(31)13-3-7-15(24)8-4-13/h1-9,28H,27H2. The summed E-state index contributed by atoms with van der Waals surface area (Å²) in [6.45, 7) is 0. The van der Waals surface area contributed by atoms with Gasteiger partial charge in [0.25, 0.3) is 5.91 Å². The van der Waals surface area contributed by atoms with Crippen LogP contribution in [0.15, 0.2) is 59.1 Å². The number of rotatable bonds is 2. The number of nitrogens with zero attached hydrogens (tertiary/aromatic N) is 4. The van der Waals surface area contributed by atoms with Crippen LogP contribution in [0.2, 0.25) is 5.02 Å². The van der Waals surface area contributed by atoms with E-state index in [9.17, 15) is 15.3 Å². The van der Waals surface area contributed by atoms with Gasteiger partial charge in [0.1, 0.15) is 29.1 Å². The van der Waals surface area contributed by atoms with E-state index >= 15 is 0 Å². The Kier molecular flexibility index (Phi) is 5.12. The average Bonchev–Trinajstić information content (AvgIpc) is 3.05. The van der Waals surface area contributed by atoms with Crippen LogP contribution in [0.3, 0.4) is 0 Å². The zero-order chi connectivity index (χ0) is 22.3. The van der Waals surface area contributed by atoms with E-state index in [2.05, 4.69) is 22.0 Å². The van der Waals surface area contributed by atoms with E-state index in [1.807, 2.05) is 18.2 Å². The van der Waals surface area contributed by atoms with Gasteiger partial charge in [-0.3, -0.25) is 10.2 Å². The molecule has 0 saturated heterocycles. The highest BCUT2D eigenvalue weighted by Gasteiger charge is 2.23. The topological polar surface area (TPSA) is 124 Å². The van der Waals surface area contributed by atoms with E-state index in [0.29, 0.717) is 16.1 Å². The zero-order valence-electron chi connectivity index (χ0n) is 15.7. The van der Waals surface area contributed by atoms with Crippen molar-refractivity contribution in [3.63, 3.8) is 0 Å². The first kappa shape index (κ1) is 20.4. The van der Waals surface area contributed by atoms with E-state index in [0.717, 1.165) is 9.15 Å². The highest BCUT2D eigenvalue weighted by atomic mass is 79.9. The number of nitrogens with two attached hydrogens (primary N) is 1. The minimum absolute atomic E-state index is 0.0307. The van der Waals surface area contributed by atoms with Crippen LogP contribution in [0, 0.1) is 28.1 Å². The van der Waals surface area contributed by atoms with E-state index in [-0.39, 0.29) is 33.5 Å². The zero-order valence-corrected chi connectivity index (χ0v) is 18.1. The lowest BCUT2D eigenvalue weighted by Crippen LogP contribution is -2.29. The summed E-state index contributed by atoms with van der Waals surface area (Å²) in [5.41, 5.74) is 7.81. The summed E-state index contributed by atoms with van der Waals surface area (Å²) < 4.78 is 3.08. The molecule has 0 saturated carbocycles. The van der Waals surface area contributed by atoms with Crippen LogP contribution < -0.4 is 11.2 Å². The first-order chi connectivity index (χ1) is 14.9. The third-order valence-corrected chi connectivity index (χ3v) is 5.61. The molecule has 4 aromatic rings. The summed E-state index contributed by atoms with van der Waals surface area (Å²) in [7, 11) is 0. The number of fused-ring (bicyclic) bond motifs is 1. The molecule has 4 rings (SSSR count). The van der Waals surface area contributed by atoms with Crippen LogP contribution in [-0.2, 0) is 0 Å². The van der Waals surface area contributed by atoms with Crippen LogP contribution in [0.5, 0.6) is 0 Å². The molecular weight excluding hydrogens is 480 g/mol. The summed E-state index contributed by atoms with van der Waals surface area (Å²) in [4.78, 5) is 13.2. The van der Waals surface area contributed by atoms with Crippen molar-refractivity contribution < 1.29 is 4.79 Å². The molecule has 0 atom stereocenters. The number of carbonyl (C=O) groups excluding carboxylic acids is 1. The molecule has 2 aromatic carbocycles. The Labute approximate surface area is 189 Å². The van der Waals surface area contributed by atoms with Crippen LogP contribution in [0.4, 0.5) is 5.82 Å². The maximum absolute atomic E-state index is 13.2. The Hall–Kier alpha value is -3.85. The highest BCUT2D eigenvalue weighted by Crippen LogP contribution is 2.31. The largest absolute Gasteiger partial charge is 0.383 e. The van der Waals surface area contributed by atoms with Crippen LogP contribution in [-0.4, -0.2) is 15.1 Å². The highest BCUT2D eigenvalue weighted by molar-refractivity contribution is 9.10. The molecule has 0 unspecified atom stereocenters. The van der Waals surface area contributed by atoms with Gasteiger partial charge < -0.3 is 5.73 Å². The summed E-state index contributed by atoms with van der Waals surface area (Å²) in [6.07, 6.45) is 0. The Balaban J connectivity index is 2.08. The monoisotopic (exact) mass is 490 g/mol. The van der Waals surface area contributed by atoms with Crippen molar-refractivity contribution >= 4 is 44.8 Å². The molecule has 0 aliphatic rings. The Morgan fingerprint density at radius 2 is 1.65 bits per heavy atom. The second-order valence-corrected chi connectivity index (χ2v) is 7.95. The average molecular weight is 492 g/mol. The number of aromatic nitrogens is 2. The summed E-state index contributed by atoms with van der Waals surface area (Å²) in [6, 6.07) is 19.0. The van der Waals surface area contributed by atoms with Crippen molar-refractivity contribution in [2.75, 3.05) is 5.73 Å². The fraction of sp³-hybridized carbons (Fsp3) is 0. The molecule has 0 aliphatic carbocycles. The molecule has 31 heavy (non-hydrogen) atoms. The van der Waals surface area contributed by atoms with Crippen LogP contribution in [0.25, 0.3) is 16.6 Å². The molecule has 2 aromatic heterocycles. The van der Waals surface area contributed by atoms with Gasteiger partial charge in [-0.25, -0.2) is 4.52 Å². The van der Waals surface area contributed by atoms with Crippen molar-refractivity contribution in [3.8, 4) is 23.3 Å². The number of pyridine rings is 1. The number of carbonyl (C=O) groups is 1. The van der Waals surface area contributed by atoms with Gasteiger partial charge in [0.15, 0.2) is 5.49 Å². The number of nitrogens with one attached hydrogen (secondary N) is 1. The quantitative estimate of drug-likeness (QED) is 0.433. The van der Waals surface area contributed by atoms with Crippen molar-refractivity contribution in [2.45, 2.75) is 0 Å². The lowest BCUT2D eigenvalue weighted by atomic mass is 10.0. The molecule has 0 radical (unpaired) electrons. The molecule has 9 heteroatoms. The van der Waals surface area contributed by atoms with Crippen molar-refractivity contribution in [2.24, 2.45) is 0 Å². The van der Waals surface area contributed by atoms with Gasteiger partial charge in [0.05, 0.1) is 5.52 Å². The first-order valence-corrected chi connectivity index (χ1v) is 10.1. The van der Waals surface area contributed by atoms with Gasteiger partial charge in [-0.15, -0.1) is 0 Å². The molecule has 0 amide bonds. The number of hydrogen-bond acceptors (Lipinski definition) is 5. The molecule has 0 aliphatic heterocycles. The second-order valence-electron chi connectivity index (χ2n) is 6.59. The fourth-order valence-corrected chi connectivity index (χ4v) is 3.75. The van der Waals surface area contributed by atoms with Gasteiger partial charge in [-0.1, -0.05) is 39.7 Å². The SMILES string of the molecule is N#Cc1c(-c2ccc(Br)cc2)cc2c(C#N)c(=N)n(C(=O)c3ccc(Cl)cc3)n2c1N. The summed E-state index contributed by atoms with van der Waals surface area (Å²) in [5.74, 6) is -0.625. The first-order valence-electron chi connectivity index (χ1n) is 8.88. The van der Waals surface area contributed by atoms with Gasteiger partial charge >= 0.3 is 0 Å². The predicted octanol–water partition coefficient (Wildman–Crippen LogP) is 4.32. The van der Waals surface area contributed by atoms with E-state index in [1.54, 1.807) is 30.3 Å². The van der Waals surface area contributed by atoms with Gasteiger partial charge in [-0.05, 0) is 48.0 Å². The van der Waals surface area contributed by atoms with Gasteiger partial charge in [-0.2, -0.15) is 15.2 Å². The Morgan fingerprint density at radius 3 is 2.23 bits per heavy atom. The number of hydrogen-bond donors (Lipinski definition) is 2. The number of nitriles is 2. The normalized spacial score (nSPS) is 10.6. The molecule has 0 bridgehead atoms. The van der Waals surface area contributed by atoms with Crippen molar-refractivity contribution in [1.29, 1.82) is 15.9 Å². The number of nitrogen functional groups attached to an aromatic ring is 1. The Bertz CT molecular complexity index is 1500. The molecule has 7 nitrogen and oxygen atoms in total. The summed E-state index contributed by atoms with van der Waals surface area (Å²) in [5, 5.41) is 28.4. The number of halogens is 2. The molecule has 150 valence electrons. The van der Waals surface area contributed by atoms with E-state index in [4.69, 9.17) is 22.7 Å². The third kappa shape index (κ3) is 3.28. The smallest absolute Gasteiger partial charge is 0.278 e. The maximum Gasteiger partial charge on any atom is 0.278 e. The van der Waals surface area contributed by atoms with Crippen LogP contribution in [0.1, 0.15) is 21.5 Å². The second kappa shape index (κ2) is 7.77. The minimum Gasteiger partial charge on any atom is -0.383 e. The molecule has 3 N–H and O–H groups in total. The fourth-order valence-electron chi connectivity index (χ4n) is 3.36. The predicted molar refractivity (Wildman–Crippen MR) is 119 cm³/mol. The molecular formula is C22H12BrClN6O. The van der Waals surface area contributed by atoms with E-state index < -0.39 is 5.91 Å². The number of benzene rings is 2. The minimum atomic E-state index is -0.579. The van der Waals surface area contributed by atoms with E-state index in [1.165, 1.54) is 16.6 Å². The number of anilines is 1. The molecule has 2 heterocycles. The van der Waals surface area contributed by atoms with Gasteiger partial charge in [0.2, 0.25) is 0 Å². The van der Waals surface area contributed by atoms with Crippen molar-refractivity contribution in [3.05, 3.63) is 86.3 Å². The Morgan fingerprint density at radius 1 is 1.03 bits per heavy atom.